The van der Waals surface area contributed by atoms with E-state index < -0.39 is 6.10 Å². The van der Waals surface area contributed by atoms with Crippen molar-refractivity contribution >= 4 is 11.6 Å². The van der Waals surface area contributed by atoms with Crippen LogP contribution in [0.15, 0.2) is 48.5 Å². The topological polar surface area (TPSA) is 20.2 Å². The molecule has 0 radical (unpaired) electrons. The van der Waals surface area contributed by atoms with E-state index in [0.29, 0.717) is 10.9 Å². The number of rotatable bonds is 3. The van der Waals surface area contributed by atoms with Gasteiger partial charge in [-0.1, -0.05) is 48.0 Å². The summed E-state index contributed by atoms with van der Waals surface area (Å²) >= 11 is 5.87. The number of benzene rings is 2. The molecule has 0 amide bonds. The first-order valence-corrected chi connectivity index (χ1v) is 6.66. The number of aliphatic hydroxyl groups is 1. The molecule has 92 valence electrons. The average molecular weight is 259 g/mol. The van der Waals surface area contributed by atoms with Gasteiger partial charge in [0.1, 0.15) is 6.10 Å². The molecule has 1 atom stereocenters. The molecule has 3 rings (SSSR count). The smallest absolute Gasteiger partial charge is 0.104 e. The molecule has 1 fully saturated rings. The van der Waals surface area contributed by atoms with Gasteiger partial charge in [0.2, 0.25) is 0 Å². The molecule has 1 aliphatic carbocycles. The van der Waals surface area contributed by atoms with Crippen molar-refractivity contribution in [3.63, 3.8) is 0 Å². The maximum absolute atomic E-state index is 10.5. The maximum atomic E-state index is 10.5. The zero-order valence-corrected chi connectivity index (χ0v) is 10.8. The largest absolute Gasteiger partial charge is 0.384 e. The van der Waals surface area contributed by atoms with Gasteiger partial charge < -0.3 is 5.11 Å². The average Bonchev–Trinajstić information content (AvgIpc) is 3.23. The minimum atomic E-state index is -0.556. The third-order valence-electron chi connectivity index (χ3n) is 3.49. The summed E-state index contributed by atoms with van der Waals surface area (Å²) in [5, 5.41) is 11.2. The van der Waals surface area contributed by atoms with Crippen LogP contribution in [0.2, 0.25) is 5.02 Å². The highest BCUT2D eigenvalue weighted by Gasteiger charge is 2.27. The molecule has 0 saturated heterocycles. The molecular weight excluding hydrogens is 244 g/mol. The molecular formula is C16H15ClO. The van der Waals surface area contributed by atoms with E-state index in [1.54, 1.807) is 0 Å². The quantitative estimate of drug-likeness (QED) is 0.870. The van der Waals surface area contributed by atoms with Gasteiger partial charge in [-0.25, -0.2) is 0 Å². The van der Waals surface area contributed by atoms with Gasteiger partial charge in [0, 0.05) is 5.02 Å². The van der Waals surface area contributed by atoms with Gasteiger partial charge in [-0.2, -0.15) is 0 Å². The first-order valence-electron chi connectivity index (χ1n) is 6.28. The monoisotopic (exact) mass is 258 g/mol. The Hall–Kier alpha value is -1.31. The zero-order valence-electron chi connectivity index (χ0n) is 10.0. The molecule has 18 heavy (non-hydrogen) atoms. The Labute approximate surface area is 112 Å². The summed E-state index contributed by atoms with van der Waals surface area (Å²) in [7, 11) is 0. The van der Waals surface area contributed by atoms with Crippen LogP contribution >= 0.6 is 11.6 Å². The fourth-order valence-electron chi connectivity index (χ4n) is 2.35. The van der Waals surface area contributed by atoms with Crippen LogP contribution in [-0.4, -0.2) is 5.11 Å². The van der Waals surface area contributed by atoms with Crippen molar-refractivity contribution < 1.29 is 5.11 Å². The number of hydrogen-bond donors (Lipinski definition) is 1. The van der Waals surface area contributed by atoms with Gasteiger partial charge in [0.15, 0.2) is 0 Å². The summed E-state index contributed by atoms with van der Waals surface area (Å²) in [5.74, 6) is 0.642. The summed E-state index contributed by atoms with van der Waals surface area (Å²) in [6, 6.07) is 15.6. The van der Waals surface area contributed by atoms with E-state index in [2.05, 4.69) is 6.07 Å². The van der Waals surface area contributed by atoms with Crippen molar-refractivity contribution in [1.82, 2.24) is 0 Å². The molecule has 0 aromatic heterocycles. The van der Waals surface area contributed by atoms with Crippen LogP contribution in [0.25, 0.3) is 0 Å². The third kappa shape index (κ3) is 2.29. The second kappa shape index (κ2) is 4.75. The Morgan fingerprint density at radius 2 is 1.67 bits per heavy atom. The normalized spacial score (nSPS) is 16.6. The van der Waals surface area contributed by atoms with Crippen molar-refractivity contribution in [3.05, 3.63) is 70.2 Å². The summed E-state index contributed by atoms with van der Waals surface area (Å²) in [6.45, 7) is 0. The lowest BCUT2D eigenvalue weighted by Crippen LogP contribution is -2.03. The van der Waals surface area contributed by atoms with Crippen LogP contribution < -0.4 is 0 Å². The molecule has 0 spiro atoms. The summed E-state index contributed by atoms with van der Waals surface area (Å²) in [6.07, 6.45) is 1.92. The first-order chi connectivity index (χ1) is 8.75. The third-order valence-corrected chi connectivity index (χ3v) is 3.75. The molecule has 1 saturated carbocycles. The lowest BCUT2D eigenvalue weighted by Gasteiger charge is -2.15. The van der Waals surface area contributed by atoms with Gasteiger partial charge in [-0.3, -0.25) is 0 Å². The van der Waals surface area contributed by atoms with Crippen molar-refractivity contribution in [3.8, 4) is 0 Å². The molecule has 0 bridgehead atoms. The number of aliphatic hydroxyl groups excluding tert-OH is 1. The van der Waals surface area contributed by atoms with Gasteiger partial charge in [-0.15, -0.1) is 0 Å². The Kier molecular flexibility index (Phi) is 3.11. The second-order valence-electron chi connectivity index (χ2n) is 4.86. The Morgan fingerprint density at radius 1 is 1.00 bits per heavy atom. The highest BCUT2D eigenvalue weighted by atomic mass is 35.5. The van der Waals surface area contributed by atoms with Crippen molar-refractivity contribution in [1.29, 1.82) is 0 Å². The fraction of sp³-hybridized carbons (Fsp3) is 0.250. The lowest BCUT2D eigenvalue weighted by molar-refractivity contribution is 0.219. The van der Waals surface area contributed by atoms with E-state index in [4.69, 9.17) is 11.6 Å². The van der Waals surface area contributed by atoms with Crippen LogP contribution in [0.4, 0.5) is 0 Å². The Morgan fingerprint density at radius 3 is 2.33 bits per heavy atom. The van der Waals surface area contributed by atoms with Crippen molar-refractivity contribution in [2.24, 2.45) is 0 Å². The van der Waals surface area contributed by atoms with Crippen LogP contribution in [-0.2, 0) is 0 Å². The van der Waals surface area contributed by atoms with Crippen LogP contribution in [0.3, 0.4) is 0 Å². The molecule has 1 unspecified atom stereocenters. The van der Waals surface area contributed by atoms with Gasteiger partial charge >= 0.3 is 0 Å². The second-order valence-corrected chi connectivity index (χ2v) is 5.29. The Balaban J connectivity index is 1.96. The first kappa shape index (κ1) is 11.8. The van der Waals surface area contributed by atoms with Crippen molar-refractivity contribution in [2.75, 3.05) is 0 Å². The van der Waals surface area contributed by atoms with Crippen molar-refractivity contribution in [2.45, 2.75) is 24.9 Å². The SMILES string of the molecule is OC(c1ccc(Cl)cc1)c1ccccc1C1CC1. The number of halogens is 1. The predicted molar refractivity (Wildman–Crippen MR) is 73.9 cm³/mol. The summed E-state index contributed by atoms with van der Waals surface area (Å²) in [5.41, 5.74) is 3.22. The molecule has 1 aliphatic rings. The molecule has 1 nitrogen and oxygen atoms in total. The minimum absolute atomic E-state index is 0.556. The fourth-order valence-corrected chi connectivity index (χ4v) is 2.48. The summed E-state index contributed by atoms with van der Waals surface area (Å²) < 4.78 is 0. The zero-order chi connectivity index (χ0) is 12.5. The predicted octanol–water partition coefficient (Wildman–Crippen LogP) is 4.30. The van der Waals surface area contributed by atoms with Gasteiger partial charge in [0.05, 0.1) is 0 Å². The van der Waals surface area contributed by atoms with Gasteiger partial charge in [0.25, 0.3) is 0 Å². The van der Waals surface area contributed by atoms with E-state index in [1.165, 1.54) is 18.4 Å². The molecule has 1 N–H and O–H groups in total. The highest BCUT2D eigenvalue weighted by Crippen LogP contribution is 2.43. The van der Waals surface area contributed by atoms with Crippen LogP contribution in [0.5, 0.6) is 0 Å². The van der Waals surface area contributed by atoms with Crippen LogP contribution in [0.1, 0.15) is 41.6 Å². The molecule has 2 aromatic rings. The minimum Gasteiger partial charge on any atom is -0.384 e. The lowest BCUT2D eigenvalue weighted by atomic mass is 9.94. The molecule has 2 aromatic carbocycles. The number of hydrogen-bond acceptors (Lipinski definition) is 1. The maximum Gasteiger partial charge on any atom is 0.104 e. The molecule has 0 aliphatic heterocycles. The molecule has 0 heterocycles. The van der Waals surface area contributed by atoms with Gasteiger partial charge in [-0.05, 0) is 47.6 Å². The highest BCUT2D eigenvalue weighted by molar-refractivity contribution is 6.30. The van der Waals surface area contributed by atoms with E-state index >= 15 is 0 Å². The van der Waals surface area contributed by atoms with E-state index in [-0.39, 0.29) is 0 Å². The van der Waals surface area contributed by atoms with E-state index in [9.17, 15) is 5.11 Å². The standard InChI is InChI=1S/C16H15ClO/c17-13-9-7-12(8-10-13)16(18)15-4-2-1-3-14(15)11-5-6-11/h1-4,7-11,16,18H,5-6H2. The van der Waals surface area contributed by atoms with Crippen LogP contribution in [0, 0.1) is 0 Å². The Bertz CT molecular complexity index is 543. The van der Waals surface area contributed by atoms with E-state index in [0.717, 1.165) is 11.1 Å². The molecule has 2 heteroatoms. The summed E-state index contributed by atoms with van der Waals surface area (Å²) in [4.78, 5) is 0. The van der Waals surface area contributed by atoms with E-state index in [1.807, 2.05) is 42.5 Å².